The highest BCUT2D eigenvalue weighted by molar-refractivity contribution is 5.30. The lowest BCUT2D eigenvalue weighted by Gasteiger charge is -2.39. The van der Waals surface area contributed by atoms with E-state index in [2.05, 4.69) is 60.6 Å². The summed E-state index contributed by atoms with van der Waals surface area (Å²) in [5, 5.41) is 13.0. The Hall–Kier alpha value is -1.99. The molecule has 1 atom stereocenters. The Balaban J connectivity index is 1.58. The molecule has 0 amide bonds. The van der Waals surface area contributed by atoms with Gasteiger partial charge in [0.25, 0.3) is 0 Å². The topological polar surface area (TPSA) is 61.7 Å². The number of rotatable bonds is 6. The molecule has 0 spiro atoms. The molecule has 2 fully saturated rings. The molecule has 4 rings (SSSR count). The van der Waals surface area contributed by atoms with E-state index in [9.17, 15) is 0 Å². The predicted molar refractivity (Wildman–Crippen MR) is 121 cm³/mol. The minimum Gasteiger partial charge on any atom is -0.494 e. The van der Waals surface area contributed by atoms with Gasteiger partial charge in [-0.05, 0) is 88.1 Å². The zero-order valence-electron chi connectivity index (χ0n) is 19.7. The van der Waals surface area contributed by atoms with Crippen LogP contribution in [0.1, 0.15) is 77.2 Å². The number of piperazine rings is 1. The summed E-state index contributed by atoms with van der Waals surface area (Å²) in [7, 11) is 0. The van der Waals surface area contributed by atoms with Crippen molar-refractivity contribution < 1.29 is 14.5 Å². The third-order valence-electron chi connectivity index (χ3n) is 7.04. The van der Waals surface area contributed by atoms with Crippen LogP contribution >= 0.6 is 0 Å². The van der Waals surface area contributed by atoms with Crippen LogP contribution in [0, 0.1) is 0 Å². The van der Waals surface area contributed by atoms with Crippen LogP contribution in [0.25, 0.3) is 0 Å². The molecule has 2 aliphatic rings. The highest BCUT2D eigenvalue weighted by Crippen LogP contribution is 2.24. The van der Waals surface area contributed by atoms with Crippen LogP contribution in [0.2, 0.25) is 0 Å². The van der Waals surface area contributed by atoms with Gasteiger partial charge in [0.05, 0.1) is 18.2 Å². The summed E-state index contributed by atoms with van der Waals surface area (Å²) in [4.78, 5) is 3.40. The van der Waals surface area contributed by atoms with Crippen molar-refractivity contribution in [3.05, 3.63) is 35.7 Å². The summed E-state index contributed by atoms with van der Waals surface area (Å²) in [5.74, 6) is 1.88. The Morgan fingerprint density at radius 3 is 2.32 bits per heavy atom. The van der Waals surface area contributed by atoms with Gasteiger partial charge < -0.3 is 14.5 Å². The van der Waals surface area contributed by atoms with E-state index in [1.165, 1.54) is 50.8 Å². The second-order valence-electron chi connectivity index (χ2n) is 10.2. The Labute approximate surface area is 186 Å². The van der Waals surface area contributed by atoms with Gasteiger partial charge in [-0.3, -0.25) is 0 Å². The highest BCUT2D eigenvalue weighted by Gasteiger charge is 2.39. The number of hydrogen-bond acceptors (Lipinski definition) is 4. The van der Waals surface area contributed by atoms with E-state index >= 15 is 0 Å². The Bertz CT molecular complexity index is 813. The van der Waals surface area contributed by atoms with Gasteiger partial charge in [-0.2, -0.15) is 0 Å². The summed E-state index contributed by atoms with van der Waals surface area (Å²) >= 11 is 0. The average Bonchev–Trinajstić information content (AvgIpc) is 3.27. The first-order chi connectivity index (χ1) is 15.0. The SMILES string of the molecule is CCOc1ccc([C@@H](c2nnnn2C(C)(C)C)[NH+]2CC[NH+](C3CCCCC3)CC2)cc1. The van der Waals surface area contributed by atoms with Crippen LogP contribution in [0.5, 0.6) is 5.75 Å². The highest BCUT2D eigenvalue weighted by atomic mass is 16.5. The summed E-state index contributed by atoms with van der Waals surface area (Å²) in [5.41, 5.74) is 1.11. The van der Waals surface area contributed by atoms with Crippen molar-refractivity contribution in [3.8, 4) is 5.75 Å². The number of ether oxygens (including phenoxy) is 1. The van der Waals surface area contributed by atoms with Gasteiger partial charge in [0.1, 0.15) is 31.9 Å². The number of tetrazole rings is 1. The maximum atomic E-state index is 5.68. The van der Waals surface area contributed by atoms with Gasteiger partial charge in [0, 0.05) is 5.56 Å². The van der Waals surface area contributed by atoms with E-state index < -0.39 is 0 Å². The number of quaternary nitrogens is 2. The summed E-state index contributed by atoms with van der Waals surface area (Å²) in [6.45, 7) is 14.0. The molecule has 2 aromatic rings. The van der Waals surface area contributed by atoms with E-state index in [1.807, 2.05) is 16.5 Å². The molecular weight excluding hydrogens is 388 g/mol. The normalized spacial score (nSPS) is 24.1. The first-order valence-corrected chi connectivity index (χ1v) is 12.2. The van der Waals surface area contributed by atoms with E-state index in [4.69, 9.17) is 4.74 Å². The lowest BCUT2D eigenvalue weighted by atomic mass is 9.93. The summed E-state index contributed by atoms with van der Waals surface area (Å²) in [6.07, 6.45) is 7.08. The third-order valence-corrected chi connectivity index (χ3v) is 7.04. The molecule has 170 valence electrons. The minimum absolute atomic E-state index is 0.137. The molecule has 31 heavy (non-hydrogen) atoms. The minimum atomic E-state index is -0.156. The fraction of sp³-hybridized carbons (Fsp3) is 0.708. The lowest BCUT2D eigenvalue weighted by Crippen LogP contribution is -3.29. The molecule has 2 N–H and O–H groups in total. The molecule has 1 aliphatic heterocycles. The third kappa shape index (κ3) is 5.09. The molecule has 0 unspecified atom stereocenters. The van der Waals surface area contributed by atoms with E-state index in [0.717, 1.165) is 30.7 Å². The van der Waals surface area contributed by atoms with Gasteiger partial charge >= 0.3 is 0 Å². The summed E-state index contributed by atoms with van der Waals surface area (Å²) in [6, 6.07) is 9.58. The predicted octanol–water partition coefficient (Wildman–Crippen LogP) is 1.03. The number of benzene rings is 1. The van der Waals surface area contributed by atoms with Crippen molar-refractivity contribution in [2.75, 3.05) is 32.8 Å². The quantitative estimate of drug-likeness (QED) is 0.722. The van der Waals surface area contributed by atoms with Crippen LogP contribution < -0.4 is 14.5 Å². The maximum Gasteiger partial charge on any atom is 0.214 e. The van der Waals surface area contributed by atoms with Crippen LogP contribution in [0.3, 0.4) is 0 Å². The van der Waals surface area contributed by atoms with E-state index in [-0.39, 0.29) is 11.6 Å². The van der Waals surface area contributed by atoms with E-state index in [1.54, 1.807) is 4.90 Å². The number of hydrogen-bond donors (Lipinski definition) is 2. The van der Waals surface area contributed by atoms with Crippen molar-refractivity contribution in [1.29, 1.82) is 0 Å². The molecule has 1 saturated carbocycles. The number of nitrogens with one attached hydrogen (secondary N) is 2. The van der Waals surface area contributed by atoms with Crippen molar-refractivity contribution >= 4 is 0 Å². The van der Waals surface area contributed by atoms with Crippen molar-refractivity contribution in [2.24, 2.45) is 0 Å². The van der Waals surface area contributed by atoms with E-state index in [0.29, 0.717) is 6.61 Å². The van der Waals surface area contributed by atoms with Crippen molar-refractivity contribution in [3.63, 3.8) is 0 Å². The van der Waals surface area contributed by atoms with Crippen LogP contribution in [-0.2, 0) is 5.54 Å². The number of aromatic nitrogens is 4. The molecule has 0 radical (unpaired) electrons. The molecule has 1 saturated heterocycles. The van der Waals surface area contributed by atoms with Gasteiger partial charge in [0.2, 0.25) is 5.82 Å². The first kappa shape index (κ1) is 22.2. The van der Waals surface area contributed by atoms with Gasteiger partial charge in [-0.25, -0.2) is 4.68 Å². The maximum absolute atomic E-state index is 5.68. The van der Waals surface area contributed by atoms with Gasteiger partial charge in [-0.15, -0.1) is 5.10 Å². The number of nitrogens with zero attached hydrogens (tertiary/aromatic N) is 4. The lowest BCUT2D eigenvalue weighted by molar-refractivity contribution is -1.03. The smallest absolute Gasteiger partial charge is 0.214 e. The molecule has 7 nitrogen and oxygen atoms in total. The fourth-order valence-corrected chi connectivity index (χ4v) is 5.44. The second kappa shape index (κ2) is 9.65. The first-order valence-electron chi connectivity index (χ1n) is 12.2. The average molecular weight is 429 g/mol. The molecule has 7 heteroatoms. The van der Waals surface area contributed by atoms with Crippen molar-refractivity contribution in [2.45, 2.75) is 77.4 Å². The zero-order chi connectivity index (χ0) is 21.8. The van der Waals surface area contributed by atoms with Gasteiger partial charge in [-0.1, -0.05) is 6.42 Å². The molecule has 1 aromatic heterocycles. The Kier molecular flexibility index (Phi) is 6.92. The summed E-state index contributed by atoms with van der Waals surface area (Å²) < 4.78 is 7.70. The van der Waals surface area contributed by atoms with Gasteiger partial charge in [0.15, 0.2) is 6.04 Å². The standard InChI is InChI=1S/C24H38N6O/c1-5-31-21-13-11-19(12-14-21)22(23-25-26-27-30(23)24(2,3)4)29-17-15-28(16-18-29)20-9-7-6-8-10-20/h11-14,20,22H,5-10,15-18H2,1-4H3/p+2/t22-/m0/s1. The monoisotopic (exact) mass is 428 g/mol. The van der Waals surface area contributed by atoms with Crippen molar-refractivity contribution in [1.82, 2.24) is 20.2 Å². The Morgan fingerprint density at radius 1 is 1.03 bits per heavy atom. The fourth-order valence-electron chi connectivity index (χ4n) is 5.44. The van der Waals surface area contributed by atoms with Crippen LogP contribution in [-0.4, -0.2) is 59.0 Å². The Morgan fingerprint density at radius 2 is 1.71 bits per heavy atom. The second-order valence-corrected chi connectivity index (χ2v) is 10.2. The zero-order valence-corrected chi connectivity index (χ0v) is 19.7. The largest absolute Gasteiger partial charge is 0.494 e. The molecular formula is C24H40N6O+2. The molecule has 2 heterocycles. The van der Waals surface area contributed by atoms with Crippen LogP contribution in [0.4, 0.5) is 0 Å². The molecule has 1 aliphatic carbocycles. The molecule has 0 bridgehead atoms. The molecule has 1 aromatic carbocycles. The van der Waals surface area contributed by atoms with Crippen LogP contribution in [0.15, 0.2) is 24.3 Å².